The van der Waals surface area contributed by atoms with Crippen LogP contribution in [0.5, 0.6) is 0 Å². The number of carbonyl (C=O) groups excluding carboxylic acids is 2. The number of hydrogen-bond donors (Lipinski definition) is 0. The maximum absolute atomic E-state index is 11.3. The van der Waals surface area contributed by atoms with Crippen molar-refractivity contribution in [3.8, 4) is 0 Å². The number of amides is 1. The van der Waals surface area contributed by atoms with Gasteiger partial charge in [0.25, 0.3) is 0 Å². The monoisotopic (exact) mass is 239 g/mol. The molecule has 0 aromatic heterocycles. The van der Waals surface area contributed by atoms with Crippen molar-refractivity contribution in [2.75, 3.05) is 13.7 Å². The van der Waals surface area contributed by atoms with Gasteiger partial charge in [0.15, 0.2) is 0 Å². The summed E-state index contributed by atoms with van der Waals surface area (Å²) >= 11 is 0. The molecule has 0 aliphatic heterocycles. The van der Waals surface area contributed by atoms with Crippen LogP contribution < -0.4 is 0 Å². The second-order valence-electron chi connectivity index (χ2n) is 5.21. The Bertz CT molecular complexity index is 292. The predicted molar refractivity (Wildman–Crippen MR) is 63.3 cm³/mol. The number of ether oxygens (including phenoxy) is 1. The van der Waals surface area contributed by atoms with Crippen LogP contribution >= 0.6 is 0 Å². The largest absolute Gasteiger partial charge is 0.468 e. The smallest absolute Gasteiger partial charge is 0.325 e. The first-order valence-corrected chi connectivity index (χ1v) is 6.54. The average molecular weight is 239 g/mol. The van der Waals surface area contributed by atoms with Crippen molar-refractivity contribution in [3.63, 3.8) is 0 Å². The molecule has 2 aliphatic rings. The number of carbonyl (C=O) groups is 2. The SMILES string of the molecule is COC(=O)CN(C=O)C1CCC2CCCCC21. The van der Waals surface area contributed by atoms with E-state index in [1.807, 2.05) is 0 Å². The molecule has 0 spiro atoms. The van der Waals surface area contributed by atoms with E-state index < -0.39 is 0 Å². The average Bonchev–Trinajstić information content (AvgIpc) is 2.79. The molecule has 96 valence electrons. The predicted octanol–water partition coefficient (Wildman–Crippen LogP) is 1.59. The van der Waals surface area contributed by atoms with E-state index in [0.29, 0.717) is 5.92 Å². The highest BCUT2D eigenvalue weighted by Gasteiger charge is 2.40. The van der Waals surface area contributed by atoms with Crippen molar-refractivity contribution in [2.45, 2.75) is 44.6 Å². The highest BCUT2D eigenvalue weighted by molar-refractivity contribution is 5.74. The van der Waals surface area contributed by atoms with Crippen molar-refractivity contribution in [2.24, 2.45) is 11.8 Å². The number of methoxy groups -OCH3 is 1. The number of hydrogen-bond acceptors (Lipinski definition) is 3. The Morgan fingerprint density at radius 1 is 1.29 bits per heavy atom. The van der Waals surface area contributed by atoms with Crippen molar-refractivity contribution < 1.29 is 14.3 Å². The van der Waals surface area contributed by atoms with Crippen molar-refractivity contribution in [3.05, 3.63) is 0 Å². The molecular weight excluding hydrogens is 218 g/mol. The van der Waals surface area contributed by atoms with Crippen molar-refractivity contribution >= 4 is 12.4 Å². The van der Waals surface area contributed by atoms with Gasteiger partial charge in [-0.05, 0) is 31.1 Å². The molecule has 0 saturated heterocycles. The maximum atomic E-state index is 11.3. The Kier molecular flexibility index (Phi) is 4.02. The fourth-order valence-electron chi connectivity index (χ4n) is 3.56. The van der Waals surface area contributed by atoms with Gasteiger partial charge >= 0.3 is 5.97 Å². The molecule has 2 saturated carbocycles. The zero-order valence-corrected chi connectivity index (χ0v) is 10.4. The number of nitrogens with zero attached hydrogens (tertiary/aromatic N) is 1. The van der Waals surface area contributed by atoms with Crippen LogP contribution in [0.15, 0.2) is 0 Å². The molecule has 17 heavy (non-hydrogen) atoms. The molecule has 0 bridgehead atoms. The Hall–Kier alpha value is -1.06. The van der Waals surface area contributed by atoms with Crippen LogP contribution in [0.4, 0.5) is 0 Å². The lowest BCUT2D eigenvalue weighted by atomic mass is 9.80. The lowest BCUT2D eigenvalue weighted by Crippen LogP contribution is -2.42. The van der Waals surface area contributed by atoms with Crippen LogP contribution in [-0.2, 0) is 14.3 Å². The zero-order chi connectivity index (χ0) is 12.3. The van der Waals surface area contributed by atoms with Gasteiger partial charge in [-0.3, -0.25) is 9.59 Å². The molecule has 1 amide bonds. The molecule has 0 heterocycles. The van der Waals surface area contributed by atoms with E-state index in [4.69, 9.17) is 0 Å². The minimum atomic E-state index is -0.323. The summed E-state index contributed by atoms with van der Waals surface area (Å²) in [7, 11) is 1.36. The summed E-state index contributed by atoms with van der Waals surface area (Å²) in [5.74, 6) is 1.06. The van der Waals surface area contributed by atoms with Crippen molar-refractivity contribution in [1.29, 1.82) is 0 Å². The summed E-state index contributed by atoms with van der Waals surface area (Å²) in [6.45, 7) is 0.105. The van der Waals surface area contributed by atoms with Gasteiger partial charge < -0.3 is 9.64 Å². The third-order valence-electron chi connectivity index (χ3n) is 4.40. The summed E-state index contributed by atoms with van der Waals surface area (Å²) in [5, 5.41) is 0. The minimum absolute atomic E-state index is 0.105. The molecule has 4 heteroatoms. The van der Waals surface area contributed by atoms with Crippen LogP contribution in [0.3, 0.4) is 0 Å². The van der Waals surface area contributed by atoms with Gasteiger partial charge in [0.1, 0.15) is 6.54 Å². The first-order valence-electron chi connectivity index (χ1n) is 6.54. The van der Waals surface area contributed by atoms with Crippen LogP contribution in [0.25, 0.3) is 0 Å². The molecule has 3 atom stereocenters. The summed E-state index contributed by atoms with van der Waals surface area (Å²) in [4.78, 5) is 24.1. The Morgan fingerprint density at radius 3 is 2.76 bits per heavy atom. The standard InChI is InChI=1S/C13H21NO3/c1-17-13(16)8-14(9-15)12-7-6-10-4-2-3-5-11(10)12/h9-12H,2-8H2,1H3. The van der Waals surface area contributed by atoms with Crippen LogP contribution in [-0.4, -0.2) is 37.0 Å². The first-order chi connectivity index (χ1) is 8.26. The lowest BCUT2D eigenvalue weighted by Gasteiger charge is -2.34. The number of fused-ring (bicyclic) bond motifs is 1. The Balaban J connectivity index is 1.99. The lowest BCUT2D eigenvalue weighted by molar-refractivity contribution is -0.145. The fraction of sp³-hybridized carbons (Fsp3) is 0.846. The minimum Gasteiger partial charge on any atom is -0.468 e. The zero-order valence-electron chi connectivity index (χ0n) is 10.4. The summed E-state index contributed by atoms with van der Waals surface area (Å²) in [6, 6.07) is 0.261. The third kappa shape index (κ3) is 2.61. The molecule has 0 radical (unpaired) electrons. The molecule has 0 N–H and O–H groups in total. The van der Waals surface area contributed by atoms with Gasteiger partial charge in [-0.2, -0.15) is 0 Å². The van der Waals surface area contributed by atoms with Gasteiger partial charge in [0.2, 0.25) is 6.41 Å². The second kappa shape index (κ2) is 5.52. The van der Waals surface area contributed by atoms with E-state index in [1.54, 1.807) is 4.90 Å². The normalized spacial score (nSPS) is 31.7. The number of rotatable bonds is 4. The molecule has 0 aromatic carbocycles. The molecule has 0 aromatic rings. The van der Waals surface area contributed by atoms with E-state index in [-0.39, 0.29) is 18.6 Å². The van der Waals surface area contributed by atoms with Crippen molar-refractivity contribution in [1.82, 2.24) is 4.90 Å². The van der Waals surface area contributed by atoms with Crippen LogP contribution in [0.2, 0.25) is 0 Å². The summed E-state index contributed by atoms with van der Waals surface area (Å²) in [6.07, 6.45) is 8.17. The van der Waals surface area contributed by atoms with E-state index in [9.17, 15) is 9.59 Å². The van der Waals surface area contributed by atoms with E-state index in [0.717, 1.165) is 18.7 Å². The summed E-state index contributed by atoms with van der Waals surface area (Å²) in [5.41, 5.74) is 0. The molecule has 4 nitrogen and oxygen atoms in total. The first kappa shape index (κ1) is 12.4. The third-order valence-corrected chi connectivity index (χ3v) is 4.40. The highest BCUT2D eigenvalue weighted by Crippen LogP contribution is 2.43. The van der Waals surface area contributed by atoms with Crippen LogP contribution in [0.1, 0.15) is 38.5 Å². The Morgan fingerprint density at radius 2 is 2.06 bits per heavy atom. The topological polar surface area (TPSA) is 46.6 Å². The fourth-order valence-corrected chi connectivity index (χ4v) is 3.56. The molecule has 3 unspecified atom stereocenters. The maximum Gasteiger partial charge on any atom is 0.325 e. The second-order valence-corrected chi connectivity index (χ2v) is 5.21. The Labute approximate surface area is 102 Å². The van der Waals surface area contributed by atoms with E-state index in [1.165, 1.54) is 39.2 Å². The molecule has 2 fully saturated rings. The molecule has 2 aliphatic carbocycles. The van der Waals surface area contributed by atoms with Gasteiger partial charge in [-0.15, -0.1) is 0 Å². The van der Waals surface area contributed by atoms with Gasteiger partial charge in [0, 0.05) is 6.04 Å². The highest BCUT2D eigenvalue weighted by atomic mass is 16.5. The van der Waals surface area contributed by atoms with Gasteiger partial charge in [-0.25, -0.2) is 0 Å². The summed E-state index contributed by atoms with van der Waals surface area (Å²) < 4.78 is 4.64. The van der Waals surface area contributed by atoms with Crippen LogP contribution in [0, 0.1) is 11.8 Å². The molecular formula is C13H21NO3. The molecule has 2 rings (SSSR count). The van der Waals surface area contributed by atoms with Gasteiger partial charge in [0.05, 0.1) is 7.11 Å². The van der Waals surface area contributed by atoms with Gasteiger partial charge in [-0.1, -0.05) is 19.3 Å². The van der Waals surface area contributed by atoms with E-state index in [2.05, 4.69) is 4.74 Å². The van der Waals surface area contributed by atoms with E-state index >= 15 is 0 Å². The quantitative estimate of drug-likeness (QED) is 0.553. The number of esters is 1.